The number of anilines is 1. The Morgan fingerprint density at radius 2 is 1.88 bits per heavy atom. The number of ether oxygens (including phenoxy) is 1. The van der Waals surface area contributed by atoms with Gasteiger partial charge in [-0.15, -0.1) is 10.2 Å². The first-order valence-corrected chi connectivity index (χ1v) is 11.2. The summed E-state index contributed by atoms with van der Waals surface area (Å²) in [6.45, 7) is 3.71. The third-order valence-corrected chi connectivity index (χ3v) is 5.91. The Kier molecular flexibility index (Phi) is 7.83. The maximum absolute atomic E-state index is 12.6. The number of carbonyl (C=O) groups excluding carboxylic acids is 3. The second kappa shape index (κ2) is 10.8. The van der Waals surface area contributed by atoms with Crippen molar-refractivity contribution in [3.8, 4) is 0 Å². The van der Waals surface area contributed by atoms with E-state index in [0.29, 0.717) is 27.8 Å². The summed E-state index contributed by atoms with van der Waals surface area (Å²) in [5.74, 6) is -0.251. The monoisotopic (exact) mass is 467 g/mol. The van der Waals surface area contributed by atoms with Gasteiger partial charge in [0.15, 0.2) is 11.0 Å². The van der Waals surface area contributed by atoms with Gasteiger partial charge in [-0.25, -0.2) is 4.79 Å². The fourth-order valence-corrected chi connectivity index (χ4v) is 3.88. The van der Waals surface area contributed by atoms with Gasteiger partial charge in [0, 0.05) is 18.3 Å². The van der Waals surface area contributed by atoms with Gasteiger partial charge in [-0.3, -0.25) is 9.59 Å². The first-order chi connectivity index (χ1) is 15.8. The maximum Gasteiger partial charge on any atom is 0.337 e. The highest BCUT2D eigenvalue weighted by atomic mass is 32.2. The second-order valence-corrected chi connectivity index (χ2v) is 8.26. The van der Waals surface area contributed by atoms with Crippen LogP contribution in [0.15, 0.2) is 53.7 Å². The summed E-state index contributed by atoms with van der Waals surface area (Å²) in [6.07, 6.45) is 0. The first-order valence-electron chi connectivity index (χ1n) is 10.2. The Labute approximate surface area is 195 Å². The van der Waals surface area contributed by atoms with Crippen molar-refractivity contribution in [3.63, 3.8) is 0 Å². The first kappa shape index (κ1) is 24.0. The van der Waals surface area contributed by atoms with Gasteiger partial charge in [0.1, 0.15) is 0 Å². The molecule has 3 aromatic rings. The molecule has 33 heavy (non-hydrogen) atoms. The van der Waals surface area contributed by atoms with Crippen LogP contribution < -0.4 is 10.6 Å². The molecule has 1 unspecified atom stereocenters. The number of hydrogen-bond donors (Lipinski definition) is 2. The topological polar surface area (TPSA) is 115 Å². The van der Waals surface area contributed by atoms with Crippen molar-refractivity contribution in [2.24, 2.45) is 7.05 Å². The van der Waals surface area contributed by atoms with Crippen LogP contribution in [0.4, 0.5) is 5.69 Å². The van der Waals surface area contributed by atoms with Gasteiger partial charge in [0.05, 0.1) is 24.5 Å². The molecule has 0 aliphatic carbocycles. The molecule has 2 aromatic carbocycles. The number of carbonyl (C=O) groups is 3. The zero-order valence-corrected chi connectivity index (χ0v) is 19.6. The molecule has 0 spiro atoms. The van der Waals surface area contributed by atoms with Crippen molar-refractivity contribution < 1.29 is 19.1 Å². The number of amides is 2. The number of aromatic nitrogens is 3. The normalized spacial score (nSPS) is 11.5. The number of hydrogen-bond acceptors (Lipinski definition) is 7. The summed E-state index contributed by atoms with van der Waals surface area (Å²) in [5, 5.41) is 14.6. The molecule has 0 radical (unpaired) electrons. The average molecular weight is 468 g/mol. The largest absolute Gasteiger partial charge is 0.465 e. The summed E-state index contributed by atoms with van der Waals surface area (Å²) in [5.41, 5.74) is 2.34. The summed E-state index contributed by atoms with van der Waals surface area (Å²) >= 11 is 1.22. The molecular weight excluding hydrogens is 442 g/mol. The number of esters is 1. The fourth-order valence-electron chi connectivity index (χ4n) is 3.16. The quantitative estimate of drug-likeness (QED) is 0.386. The second-order valence-electron chi connectivity index (χ2n) is 7.32. The lowest BCUT2D eigenvalue weighted by Crippen LogP contribution is -2.29. The minimum absolute atomic E-state index is 0.0956. The molecule has 1 heterocycles. The zero-order valence-electron chi connectivity index (χ0n) is 18.8. The van der Waals surface area contributed by atoms with Gasteiger partial charge >= 0.3 is 5.97 Å². The predicted molar refractivity (Wildman–Crippen MR) is 125 cm³/mol. The van der Waals surface area contributed by atoms with Crippen molar-refractivity contribution in [1.82, 2.24) is 20.1 Å². The van der Waals surface area contributed by atoms with Crippen LogP contribution in [0.1, 0.15) is 45.1 Å². The van der Waals surface area contributed by atoms with Crippen LogP contribution in [0.5, 0.6) is 0 Å². The van der Waals surface area contributed by atoms with E-state index in [4.69, 9.17) is 4.74 Å². The molecule has 0 aliphatic heterocycles. The van der Waals surface area contributed by atoms with Crippen LogP contribution in [-0.4, -0.2) is 45.4 Å². The molecule has 9 nitrogen and oxygen atoms in total. The van der Waals surface area contributed by atoms with Crippen LogP contribution >= 0.6 is 11.8 Å². The van der Waals surface area contributed by atoms with Gasteiger partial charge in [0.2, 0.25) is 5.91 Å². The smallest absolute Gasteiger partial charge is 0.337 e. The lowest BCUT2D eigenvalue weighted by atomic mass is 10.1. The van der Waals surface area contributed by atoms with E-state index in [-0.39, 0.29) is 23.6 Å². The number of nitrogens with one attached hydrogen (secondary N) is 2. The van der Waals surface area contributed by atoms with Crippen molar-refractivity contribution in [1.29, 1.82) is 0 Å². The van der Waals surface area contributed by atoms with Gasteiger partial charge in [-0.2, -0.15) is 0 Å². The highest BCUT2D eigenvalue weighted by molar-refractivity contribution is 7.99. The van der Waals surface area contributed by atoms with E-state index in [1.54, 1.807) is 41.9 Å². The van der Waals surface area contributed by atoms with Gasteiger partial charge in [0.25, 0.3) is 5.91 Å². The highest BCUT2D eigenvalue weighted by Gasteiger charge is 2.19. The van der Waals surface area contributed by atoms with E-state index in [1.165, 1.54) is 18.9 Å². The van der Waals surface area contributed by atoms with Crippen LogP contribution in [0, 0.1) is 6.92 Å². The molecule has 2 N–H and O–H groups in total. The summed E-state index contributed by atoms with van der Waals surface area (Å²) < 4.78 is 6.44. The minimum atomic E-state index is -0.476. The number of aryl methyl sites for hydroxylation is 1. The van der Waals surface area contributed by atoms with E-state index in [9.17, 15) is 14.4 Å². The number of thioether (sulfide) groups is 1. The molecule has 1 atom stereocenters. The molecule has 10 heteroatoms. The van der Waals surface area contributed by atoms with Gasteiger partial charge in [-0.05, 0) is 43.7 Å². The number of nitrogens with zero attached hydrogens (tertiary/aromatic N) is 3. The molecular formula is C23H25N5O4S. The highest BCUT2D eigenvalue weighted by Crippen LogP contribution is 2.20. The third-order valence-electron chi connectivity index (χ3n) is 4.89. The van der Waals surface area contributed by atoms with E-state index < -0.39 is 5.97 Å². The van der Waals surface area contributed by atoms with Crippen LogP contribution in [0.25, 0.3) is 0 Å². The molecule has 1 aromatic heterocycles. The number of methoxy groups -OCH3 is 1. The van der Waals surface area contributed by atoms with Crippen LogP contribution in [0.2, 0.25) is 0 Å². The molecule has 172 valence electrons. The standard InChI is InChI=1S/C23H25N5O4S/c1-14-8-5-6-11-18(14)21(30)24-15(2)20-26-27-23(28(20)3)33-13-19(29)25-17-10-7-9-16(12-17)22(31)32-4/h5-12,15H,13H2,1-4H3,(H,24,30)(H,25,29). The van der Waals surface area contributed by atoms with Crippen molar-refractivity contribution >= 4 is 35.2 Å². The van der Waals surface area contributed by atoms with Crippen LogP contribution in [0.3, 0.4) is 0 Å². The lowest BCUT2D eigenvalue weighted by molar-refractivity contribution is -0.113. The fraction of sp³-hybridized carbons (Fsp3) is 0.261. The molecule has 0 fully saturated rings. The Morgan fingerprint density at radius 3 is 2.61 bits per heavy atom. The summed E-state index contributed by atoms with van der Waals surface area (Å²) in [7, 11) is 3.08. The van der Waals surface area contributed by atoms with Gasteiger partial charge in [-0.1, -0.05) is 36.0 Å². The van der Waals surface area contributed by atoms with Crippen LogP contribution in [-0.2, 0) is 16.6 Å². The van der Waals surface area contributed by atoms with E-state index >= 15 is 0 Å². The van der Waals surface area contributed by atoms with Crippen molar-refractivity contribution in [2.45, 2.75) is 25.0 Å². The Balaban J connectivity index is 1.58. The van der Waals surface area contributed by atoms with Crippen molar-refractivity contribution in [2.75, 3.05) is 18.2 Å². The average Bonchev–Trinajstić information content (AvgIpc) is 3.17. The lowest BCUT2D eigenvalue weighted by Gasteiger charge is -2.14. The number of benzene rings is 2. The predicted octanol–water partition coefficient (Wildman–Crippen LogP) is 3.13. The third kappa shape index (κ3) is 5.98. The molecule has 2 amide bonds. The summed E-state index contributed by atoms with van der Waals surface area (Å²) in [6, 6.07) is 13.5. The Bertz CT molecular complexity index is 1180. The maximum atomic E-state index is 12.6. The van der Waals surface area contributed by atoms with E-state index in [1.807, 2.05) is 32.0 Å². The van der Waals surface area contributed by atoms with Crippen molar-refractivity contribution in [3.05, 3.63) is 71.0 Å². The molecule has 0 saturated carbocycles. The SMILES string of the molecule is COC(=O)c1cccc(NC(=O)CSc2nnc(C(C)NC(=O)c3ccccc3C)n2C)c1. The molecule has 3 rings (SSSR count). The minimum Gasteiger partial charge on any atom is -0.465 e. The molecule has 0 bridgehead atoms. The Hall–Kier alpha value is -3.66. The zero-order chi connectivity index (χ0) is 24.0. The number of rotatable bonds is 8. The van der Waals surface area contributed by atoms with E-state index in [0.717, 1.165) is 5.56 Å². The van der Waals surface area contributed by atoms with Gasteiger partial charge < -0.3 is 19.9 Å². The Morgan fingerprint density at radius 1 is 1.12 bits per heavy atom. The summed E-state index contributed by atoms with van der Waals surface area (Å²) in [4.78, 5) is 36.6. The molecule has 0 saturated heterocycles. The molecule has 0 aliphatic rings. The van der Waals surface area contributed by atoms with E-state index in [2.05, 4.69) is 20.8 Å².